The highest BCUT2D eigenvalue weighted by Crippen LogP contribution is 2.17. The zero-order valence-electron chi connectivity index (χ0n) is 47.0. The second kappa shape index (κ2) is 59.6. The third-order valence-corrected chi connectivity index (χ3v) is 14.4. The molecule has 0 aromatic rings. The van der Waals surface area contributed by atoms with E-state index in [1.165, 1.54) is 244 Å². The Kier molecular flexibility index (Phi) is 58.0. The quantitative estimate of drug-likeness (QED) is 0.0321. The number of unbranched alkanes of at least 4 members (excludes halogenated alkanes) is 43. The fourth-order valence-electron chi connectivity index (χ4n) is 9.57. The van der Waals surface area contributed by atoms with Crippen LogP contribution >= 0.6 is 0 Å². The van der Waals surface area contributed by atoms with Gasteiger partial charge >= 0.3 is 5.97 Å². The number of hydrogen-bond donors (Lipinski definition) is 3. The number of nitrogens with one attached hydrogen (secondary N) is 1. The van der Waals surface area contributed by atoms with Crippen LogP contribution in [0.2, 0.25) is 0 Å². The van der Waals surface area contributed by atoms with Crippen LogP contribution in [0.15, 0.2) is 36.5 Å². The van der Waals surface area contributed by atoms with Crippen molar-refractivity contribution in [2.45, 2.75) is 347 Å². The van der Waals surface area contributed by atoms with E-state index in [1.807, 2.05) is 6.08 Å². The third kappa shape index (κ3) is 55.4. The number of aliphatic hydroxyl groups excluding tert-OH is 2. The number of amides is 1. The molecular formula is C64H121NO5. The lowest BCUT2D eigenvalue weighted by atomic mass is 10.0. The first-order valence-corrected chi connectivity index (χ1v) is 31.3. The highest BCUT2D eigenvalue weighted by Gasteiger charge is 2.18. The van der Waals surface area contributed by atoms with Crippen LogP contribution in [0.1, 0.15) is 335 Å². The number of esters is 1. The average molecular weight is 985 g/mol. The van der Waals surface area contributed by atoms with Crippen molar-refractivity contribution in [1.29, 1.82) is 0 Å². The Balaban J connectivity index is 3.50. The molecule has 412 valence electrons. The van der Waals surface area contributed by atoms with Gasteiger partial charge in [0.1, 0.15) is 0 Å². The lowest BCUT2D eigenvalue weighted by molar-refractivity contribution is -0.143. The molecule has 0 aliphatic heterocycles. The molecule has 0 aromatic heterocycles. The van der Waals surface area contributed by atoms with Crippen LogP contribution in [0, 0.1) is 0 Å². The Morgan fingerprint density at radius 3 is 1.01 bits per heavy atom. The van der Waals surface area contributed by atoms with Gasteiger partial charge in [-0.25, -0.2) is 0 Å². The molecule has 0 rings (SSSR count). The second-order valence-electron chi connectivity index (χ2n) is 21.4. The van der Waals surface area contributed by atoms with Gasteiger partial charge in [-0.3, -0.25) is 9.59 Å². The molecule has 2 atom stereocenters. The summed E-state index contributed by atoms with van der Waals surface area (Å²) < 4.78 is 5.46. The van der Waals surface area contributed by atoms with Crippen molar-refractivity contribution in [1.82, 2.24) is 5.32 Å². The molecule has 0 radical (unpaired) electrons. The van der Waals surface area contributed by atoms with Crippen molar-refractivity contribution in [3.05, 3.63) is 36.5 Å². The van der Waals surface area contributed by atoms with Gasteiger partial charge in [-0.1, -0.05) is 275 Å². The van der Waals surface area contributed by atoms with E-state index in [0.29, 0.717) is 19.4 Å². The first-order chi connectivity index (χ1) is 34.5. The molecule has 0 spiro atoms. The lowest BCUT2D eigenvalue weighted by Gasteiger charge is -2.20. The molecule has 0 saturated carbocycles. The smallest absolute Gasteiger partial charge is 0.305 e. The number of aliphatic hydroxyl groups is 2. The van der Waals surface area contributed by atoms with Crippen molar-refractivity contribution in [2.75, 3.05) is 13.2 Å². The molecule has 2 unspecified atom stereocenters. The summed E-state index contributed by atoms with van der Waals surface area (Å²) in [6.45, 7) is 4.89. The average Bonchev–Trinajstić information content (AvgIpc) is 3.36. The van der Waals surface area contributed by atoms with Crippen molar-refractivity contribution in [2.24, 2.45) is 0 Å². The summed E-state index contributed by atoms with van der Waals surface area (Å²) in [5, 5.41) is 23.2. The van der Waals surface area contributed by atoms with Gasteiger partial charge in [0, 0.05) is 12.8 Å². The van der Waals surface area contributed by atoms with Gasteiger partial charge < -0.3 is 20.3 Å². The molecule has 0 aliphatic carbocycles. The minimum Gasteiger partial charge on any atom is -0.466 e. The molecule has 70 heavy (non-hydrogen) atoms. The summed E-state index contributed by atoms with van der Waals surface area (Å²) in [7, 11) is 0. The normalized spacial score (nSPS) is 12.8. The van der Waals surface area contributed by atoms with Gasteiger partial charge in [0.25, 0.3) is 0 Å². The number of carbonyl (C=O) groups is 2. The van der Waals surface area contributed by atoms with Crippen LogP contribution in [0.5, 0.6) is 0 Å². The van der Waals surface area contributed by atoms with Crippen molar-refractivity contribution >= 4 is 11.9 Å². The van der Waals surface area contributed by atoms with Crippen molar-refractivity contribution < 1.29 is 24.5 Å². The highest BCUT2D eigenvalue weighted by molar-refractivity contribution is 5.76. The van der Waals surface area contributed by atoms with E-state index in [9.17, 15) is 19.8 Å². The highest BCUT2D eigenvalue weighted by atomic mass is 16.5. The van der Waals surface area contributed by atoms with Crippen molar-refractivity contribution in [3.63, 3.8) is 0 Å². The summed E-state index contributed by atoms with van der Waals surface area (Å²) in [6.07, 6.45) is 74.6. The molecule has 0 heterocycles. The van der Waals surface area contributed by atoms with E-state index in [-0.39, 0.29) is 18.5 Å². The van der Waals surface area contributed by atoms with Crippen LogP contribution in [-0.2, 0) is 14.3 Å². The number of hydrogen-bond acceptors (Lipinski definition) is 5. The summed E-state index contributed by atoms with van der Waals surface area (Å²) in [6, 6.07) is -0.642. The molecule has 0 bridgehead atoms. The summed E-state index contributed by atoms with van der Waals surface area (Å²) in [5.41, 5.74) is 0. The van der Waals surface area contributed by atoms with E-state index >= 15 is 0 Å². The molecule has 0 aliphatic rings. The number of rotatable bonds is 58. The molecule has 0 saturated heterocycles. The van der Waals surface area contributed by atoms with Crippen LogP contribution in [0.25, 0.3) is 0 Å². The lowest BCUT2D eigenvalue weighted by Crippen LogP contribution is -2.45. The third-order valence-electron chi connectivity index (χ3n) is 14.4. The largest absolute Gasteiger partial charge is 0.466 e. The molecule has 1 amide bonds. The van der Waals surface area contributed by atoms with Crippen LogP contribution in [-0.4, -0.2) is 47.4 Å². The molecule has 6 nitrogen and oxygen atoms in total. The Hall–Kier alpha value is -1.92. The van der Waals surface area contributed by atoms with Crippen LogP contribution in [0.3, 0.4) is 0 Å². The Labute approximate surface area is 436 Å². The number of ether oxygens (including phenoxy) is 1. The monoisotopic (exact) mass is 984 g/mol. The van der Waals surface area contributed by atoms with E-state index in [0.717, 1.165) is 64.2 Å². The molecule has 0 fully saturated rings. The minimum atomic E-state index is -0.857. The molecule has 3 N–H and O–H groups in total. The van der Waals surface area contributed by atoms with E-state index in [2.05, 4.69) is 43.5 Å². The number of carbonyl (C=O) groups excluding carboxylic acids is 2. The van der Waals surface area contributed by atoms with Gasteiger partial charge in [-0.15, -0.1) is 0 Å². The van der Waals surface area contributed by atoms with Gasteiger partial charge in [-0.2, -0.15) is 0 Å². The van der Waals surface area contributed by atoms with Crippen LogP contribution in [0.4, 0.5) is 0 Å². The summed E-state index contributed by atoms with van der Waals surface area (Å²) in [4.78, 5) is 24.5. The van der Waals surface area contributed by atoms with E-state index in [1.54, 1.807) is 6.08 Å². The predicted octanol–water partition coefficient (Wildman–Crippen LogP) is 19.6. The van der Waals surface area contributed by atoms with Gasteiger partial charge in [0.2, 0.25) is 5.91 Å². The standard InChI is InChI=1S/C64H121NO5/c1-3-5-7-9-11-13-15-17-19-20-21-22-23-24-25-26-29-32-36-40-44-48-52-56-62(67)61(60-66)65-63(68)57-53-49-45-41-37-33-30-27-28-31-35-39-43-47-51-55-59-70-64(69)58-54-50-46-42-38-34-18-16-14-12-10-8-6-4-2/h16,18,27,30,52,56,61-62,66-67H,3-15,17,19-26,28-29,31-51,53-55,57-60H2,1-2H3,(H,65,68)/b18-16-,30-27-,56-52+. The van der Waals surface area contributed by atoms with E-state index < -0.39 is 12.1 Å². The van der Waals surface area contributed by atoms with Gasteiger partial charge in [0.05, 0.1) is 25.4 Å². The predicted molar refractivity (Wildman–Crippen MR) is 306 cm³/mol. The van der Waals surface area contributed by atoms with E-state index in [4.69, 9.17) is 4.74 Å². The minimum absolute atomic E-state index is 0.0121. The molecule has 0 aromatic carbocycles. The van der Waals surface area contributed by atoms with Gasteiger partial charge in [0.15, 0.2) is 0 Å². The second-order valence-corrected chi connectivity index (χ2v) is 21.4. The van der Waals surface area contributed by atoms with Gasteiger partial charge in [-0.05, 0) is 83.5 Å². The summed E-state index contributed by atoms with van der Waals surface area (Å²) >= 11 is 0. The maximum absolute atomic E-state index is 12.5. The summed E-state index contributed by atoms with van der Waals surface area (Å²) in [5.74, 6) is -0.0948. The molecule has 6 heteroatoms. The number of allylic oxidation sites excluding steroid dienone is 5. The zero-order chi connectivity index (χ0) is 50.7. The zero-order valence-corrected chi connectivity index (χ0v) is 47.0. The maximum Gasteiger partial charge on any atom is 0.305 e. The fourth-order valence-corrected chi connectivity index (χ4v) is 9.57. The molecular weight excluding hydrogens is 863 g/mol. The van der Waals surface area contributed by atoms with Crippen LogP contribution < -0.4 is 5.32 Å². The van der Waals surface area contributed by atoms with Crippen molar-refractivity contribution in [3.8, 4) is 0 Å². The Bertz CT molecular complexity index is 1130. The first kappa shape index (κ1) is 68.1. The SMILES string of the molecule is CCCCCCC/C=C\CCCCCCCC(=O)OCCCCCCCCC/C=C\CCCCCCCC(=O)NC(CO)C(O)/C=C/CCCCCCCCCCCCCCCCCCCCCCC. The topological polar surface area (TPSA) is 95.9 Å². The Morgan fingerprint density at radius 2 is 0.671 bits per heavy atom. The first-order valence-electron chi connectivity index (χ1n) is 31.3. The fraction of sp³-hybridized carbons (Fsp3) is 0.875. The Morgan fingerprint density at radius 1 is 0.386 bits per heavy atom. The maximum atomic E-state index is 12.5.